The number of ether oxygens (including phenoxy) is 1. The maximum absolute atomic E-state index is 14.3. The molecule has 6 rings (SSSR count). The number of aromatic nitrogens is 3. The van der Waals surface area contributed by atoms with Crippen LogP contribution in [-0.2, 0) is 27.7 Å². The minimum absolute atomic E-state index is 0.0181. The van der Waals surface area contributed by atoms with E-state index in [-0.39, 0.29) is 37.2 Å². The van der Waals surface area contributed by atoms with Crippen molar-refractivity contribution in [1.82, 2.24) is 25.2 Å². The summed E-state index contributed by atoms with van der Waals surface area (Å²) in [7, 11) is 0. The average molecular weight is 633 g/mol. The number of carbonyl (C=O) groups is 2. The van der Waals surface area contributed by atoms with Gasteiger partial charge in [0.05, 0.1) is 52.4 Å². The second-order valence-corrected chi connectivity index (χ2v) is 11.2. The Morgan fingerprint density at radius 1 is 1.23 bits per heavy atom. The number of carboxylic acid groups (broad SMARTS) is 1. The molecule has 3 aliphatic heterocycles. The number of fused-ring (bicyclic) bond motifs is 2. The summed E-state index contributed by atoms with van der Waals surface area (Å²) in [5, 5.41) is 9.80. The largest absolute Gasteiger partial charge is 0.483 e. The Hall–Kier alpha value is -3.97. The number of hydrogen-bond acceptors (Lipinski definition) is 8. The number of alkyl halides is 3. The van der Waals surface area contributed by atoms with Gasteiger partial charge in [-0.05, 0) is 56.5 Å². The van der Waals surface area contributed by atoms with Gasteiger partial charge in [-0.15, -0.1) is 0 Å². The predicted molar refractivity (Wildman–Crippen MR) is 157 cm³/mol. The Kier molecular flexibility index (Phi) is 9.26. The minimum Gasteiger partial charge on any atom is -0.483 e. The third kappa shape index (κ3) is 5.90. The lowest BCUT2D eigenvalue weighted by Crippen LogP contribution is -2.58. The van der Waals surface area contributed by atoms with E-state index in [1.807, 2.05) is 36.1 Å². The van der Waals surface area contributed by atoms with E-state index < -0.39 is 22.2 Å². The number of piperidine rings is 1. The van der Waals surface area contributed by atoms with Crippen LogP contribution in [0.2, 0.25) is 5.02 Å². The second kappa shape index (κ2) is 12.9. The van der Waals surface area contributed by atoms with Gasteiger partial charge in [0.15, 0.2) is 0 Å². The normalized spacial score (nSPS) is 19.3. The molecule has 0 saturated carbocycles. The van der Waals surface area contributed by atoms with Gasteiger partial charge in [0.1, 0.15) is 5.56 Å². The molecule has 234 valence electrons. The maximum atomic E-state index is 14.3. The summed E-state index contributed by atoms with van der Waals surface area (Å²) in [6, 6.07) is 7.61. The second-order valence-electron chi connectivity index (χ2n) is 10.7. The number of anilines is 1. The van der Waals surface area contributed by atoms with Crippen molar-refractivity contribution in [2.24, 2.45) is 0 Å². The summed E-state index contributed by atoms with van der Waals surface area (Å²) in [5.74, 6) is 0.509. The van der Waals surface area contributed by atoms with Crippen molar-refractivity contribution < 1.29 is 32.6 Å². The third-order valence-corrected chi connectivity index (χ3v) is 8.69. The first-order valence-corrected chi connectivity index (χ1v) is 14.7. The molecule has 1 atom stereocenters. The molecular weight excluding hydrogens is 601 g/mol. The number of nitrogens with one attached hydrogen (secondary N) is 1. The van der Waals surface area contributed by atoms with Crippen molar-refractivity contribution in [1.29, 1.82) is 0 Å². The molecule has 3 aliphatic rings. The van der Waals surface area contributed by atoms with Crippen molar-refractivity contribution in [3.05, 3.63) is 64.7 Å². The van der Waals surface area contributed by atoms with Crippen LogP contribution in [0.25, 0.3) is 11.3 Å². The average Bonchev–Trinajstić information content (AvgIpc) is 3.54. The molecule has 0 bridgehead atoms. The lowest BCUT2D eigenvalue weighted by Gasteiger charge is -2.49. The van der Waals surface area contributed by atoms with Gasteiger partial charge in [0.2, 0.25) is 11.8 Å². The van der Waals surface area contributed by atoms with Gasteiger partial charge in [-0.2, -0.15) is 13.2 Å². The number of hydrogen-bond donors (Lipinski definition) is 2. The van der Waals surface area contributed by atoms with Crippen LogP contribution >= 0.6 is 11.6 Å². The van der Waals surface area contributed by atoms with Gasteiger partial charge in [0.25, 0.3) is 6.47 Å². The Morgan fingerprint density at radius 3 is 2.64 bits per heavy atom. The highest BCUT2D eigenvalue weighted by Crippen LogP contribution is 2.47. The molecule has 0 radical (unpaired) electrons. The summed E-state index contributed by atoms with van der Waals surface area (Å²) in [6.07, 6.45) is 0.783. The standard InChI is InChI=1S/C29H30ClF3N6O2.CH2O2/c1-2-41-26-19(4-3-10-36-26)22-6-5-20-23(37-22)17-39(18-7-11-34-14-18)27(40)28(20)8-12-38(13-9-28)24-16-35-15-21(30)25(24)29(31,32)33;2-1-3/h3-6,10,15-16,18,34H,2,7-9,11-14,17H2,1H3;1H,(H,2,3). The van der Waals surface area contributed by atoms with E-state index in [0.717, 1.165) is 36.0 Å². The highest BCUT2D eigenvalue weighted by Gasteiger charge is 2.52. The van der Waals surface area contributed by atoms with Crippen LogP contribution in [0.1, 0.15) is 43.0 Å². The minimum atomic E-state index is -4.63. The fourth-order valence-corrected chi connectivity index (χ4v) is 6.69. The van der Waals surface area contributed by atoms with E-state index in [0.29, 0.717) is 44.1 Å². The Balaban J connectivity index is 0.00000123. The molecule has 1 amide bonds. The molecule has 3 aromatic rings. The summed E-state index contributed by atoms with van der Waals surface area (Å²) in [4.78, 5) is 39.5. The molecule has 0 aliphatic carbocycles. The number of halogens is 4. The molecule has 1 unspecified atom stereocenters. The number of nitrogens with zero attached hydrogens (tertiary/aromatic N) is 5. The fourth-order valence-electron chi connectivity index (χ4n) is 6.43. The summed E-state index contributed by atoms with van der Waals surface area (Å²) in [6.45, 7) is 4.49. The first-order valence-electron chi connectivity index (χ1n) is 14.3. The number of rotatable bonds is 5. The number of amides is 1. The maximum Gasteiger partial charge on any atom is 0.419 e. The lowest BCUT2D eigenvalue weighted by molar-refractivity contribution is -0.143. The highest BCUT2D eigenvalue weighted by molar-refractivity contribution is 6.31. The third-order valence-electron chi connectivity index (χ3n) is 8.40. The van der Waals surface area contributed by atoms with Crippen molar-refractivity contribution in [3.63, 3.8) is 0 Å². The van der Waals surface area contributed by atoms with Gasteiger partial charge in [-0.3, -0.25) is 19.6 Å². The molecule has 10 nitrogen and oxygen atoms in total. The zero-order valence-electron chi connectivity index (χ0n) is 24.0. The summed E-state index contributed by atoms with van der Waals surface area (Å²) >= 11 is 5.96. The van der Waals surface area contributed by atoms with Crippen LogP contribution in [0.5, 0.6) is 5.88 Å². The Morgan fingerprint density at radius 2 is 1.98 bits per heavy atom. The Labute approximate surface area is 257 Å². The fraction of sp³-hybridized carbons (Fsp3) is 0.433. The van der Waals surface area contributed by atoms with Gasteiger partial charge in [0, 0.05) is 38.1 Å². The van der Waals surface area contributed by atoms with Crippen molar-refractivity contribution in [2.75, 3.05) is 37.7 Å². The van der Waals surface area contributed by atoms with E-state index in [9.17, 15) is 18.0 Å². The number of carbonyl (C=O) groups excluding carboxylic acids is 1. The molecule has 6 heterocycles. The smallest absolute Gasteiger partial charge is 0.419 e. The van der Waals surface area contributed by atoms with Crippen LogP contribution in [0.4, 0.5) is 18.9 Å². The van der Waals surface area contributed by atoms with Gasteiger partial charge in [-0.1, -0.05) is 17.7 Å². The molecular formula is C30H32ClF3N6O4. The summed E-state index contributed by atoms with van der Waals surface area (Å²) < 4.78 is 47.5. The molecule has 2 N–H and O–H groups in total. The molecule has 2 fully saturated rings. The first kappa shape index (κ1) is 31.5. The van der Waals surface area contributed by atoms with E-state index in [1.54, 1.807) is 11.1 Å². The molecule has 1 spiro atoms. The van der Waals surface area contributed by atoms with Crippen LogP contribution in [0, 0.1) is 0 Å². The topological polar surface area (TPSA) is 121 Å². The Bertz CT molecular complexity index is 1510. The zero-order chi connectivity index (χ0) is 31.5. The lowest BCUT2D eigenvalue weighted by atomic mass is 9.68. The van der Waals surface area contributed by atoms with Gasteiger partial charge in [-0.25, -0.2) is 4.98 Å². The predicted octanol–water partition coefficient (Wildman–Crippen LogP) is 4.55. The van der Waals surface area contributed by atoms with Crippen LogP contribution < -0.4 is 15.0 Å². The molecule has 2 saturated heterocycles. The van der Waals surface area contributed by atoms with E-state index in [1.165, 1.54) is 6.20 Å². The van der Waals surface area contributed by atoms with Gasteiger partial charge < -0.3 is 25.0 Å². The highest BCUT2D eigenvalue weighted by atomic mass is 35.5. The molecule has 44 heavy (non-hydrogen) atoms. The molecule has 0 aromatic carbocycles. The summed E-state index contributed by atoms with van der Waals surface area (Å²) in [5.41, 5.74) is 1.26. The monoisotopic (exact) mass is 632 g/mol. The first-order chi connectivity index (χ1) is 21.1. The number of pyridine rings is 3. The van der Waals surface area contributed by atoms with Crippen LogP contribution in [0.15, 0.2) is 42.9 Å². The zero-order valence-corrected chi connectivity index (χ0v) is 24.7. The van der Waals surface area contributed by atoms with Crippen molar-refractivity contribution in [3.8, 4) is 17.1 Å². The van der Waals surface area contributed by atoms with Crippen LogP contribution in [0.3, 0.4) is 0 Å². The van der Waals surface area contributed by atoms with E-state index in [2.05, 4.69) is 15.3 Å². The molecule has 14 heteroatoms. The van der Waals surface area contributed by atoms with E-state index >= 15 is 0 Å². The van der Waals surface area contributed by atoms with Crippen LogP contribution in [-0.4, -0.2) is 76.2 Å². The van der Waals surface area contributed by atoms with E-state index in [4.69, 9.17) is 31.2 Å². The molecule has 3 aromatic heterocycles. The van der Waals surface area contributed by atoms with Crippen molar-refractivity contribution in [2.45, 2.75) is 50.4 Å². The van der Waals surface area contributed by atoms with Crippen molar-refractivity contribution >= 4 is 29.7 Å². The quantitative estimate of drug-likeness (QED) is 0.390. The van der Waals surface area contributed by atoms with Gasteiger partial charge >= 0.3 is 6.18 Å². The SMILES string of the molecule is CCOc1ncccc1-c1ccc2c(n1)CN(C1CCNC1)C(=O)C21CCN(c2cncc(Cl)c2C(F)(F)F)CC1.O=CO.